The van der Waals surface area contributed by atoms with E-state index in [0.29, 0.717) is 0 Å². The van der Waals surface area contributed by atoms with Crippen molar-refractivity contribution in [3.8, 4) is 0 Å². The Balaban J connectivity index is 2.87. The highest BCUT2D eigenvalue weighted by Crippen LogP contribution is 2.14. The highest BCUT2D eigenvalue weighted by molar-refractivity contribution is 6.33. The van der Waals surface area contributed by atoms with E-state index in [0.717, 1.165) is 0 Å². The van der Waals surface area contributed by atoms with Crippen molar-refractivity contribution in [2.75, 3.05) is 0 Å². The molecule has 0 fully saturated rings. The maximum absolute atomic E-state index is 11.7. The molecule has 0 aromatic carbocycles. The lowest BCUT2D eigenvalue weighted by Gasteiger charge is -2.12. The molecule has 0 aliphatic carbocycles. The van der Waals surface area contributed by atoms with Crippen molar-refractivity contribution >= 4 is 41.0 Å². The predicted octanol–water partition coefficient (Wildman–Crippen LogP) is 1.05. The van der Waals surface area contributed by atoms with Gasteiger partial charge in [0.25, 0.3) is 5.91 Å². The normalized spacial score (nSPS) is 11.7. The summed E-state index contributed by atoms with van der Waals surface area (Å²) < 4.78 is 0. The van der Waals surface area contributed by atoms with E-state index < -0.39 is 30.3 Å². The largest absolute Gasteiger partial charge is 0.481 e. The monoisotopic (exact) mass is 306 g/mol. The SMILES string of the molecule is O=C(O)C[C@@H](NC(=O)c1cc(Cl)nc(Cl)c1)C(=O)O. The molecule has 0 radical (unpaired) electrons. The van der Waals surface area contributed by atoms with Crippen molar-refractivity contribution in [2.45, 2.75) is 12.5 Å². The van der Waals surface area contributed by atoms with Crippen molar-refractivity contribution in [3.63, 3.8) is 0 Å². The minimum Gasteiger partial charge on any atom is -0.481 e. The van der Waals surface area contributed by atoms with E-state index in [-0.39, 0.29) is 15.9 Å². The number of halogens is 2. The van der Waals surface area contributed by atoms with Crippen LogP contribution in [-0.2, 0) is 9.59 Å². The van der Waals surface area contributed by atoms with Crippen molar-refractivity contribution in [3.05, 3.63) is 28.0 Å². The Morgan fingerprint density at radius 3 is 2.16 bits per heavy atom. The number of carbonyl (C=O) groups excluding carboxylic acids is 1. The summed E-state index contributed by atoms with van der Waals surface area (Å²) >= 11 is 11.2. The Labute approximate surface area is 117 Å². The lowest BCUT2D eigenvalue weighted by molar-refractivity contribution is -0.145. The van der Waals surface area contributed by atoms with Gasteiger partial charge in [-0.1, -0.05) is 23.2 Å². The van der Waals surface area contributed by atoms with Gasteiger partial charge in [0, 0.05) is 5.56 Å². The molecule has 1 heterocycles. The molecule has 0 aliphatic rings. The van der Waals surface area contributed by atoms with E-state index in [1.807, 2.05) is 0 Å². The van der Waals surface area contributed by atoms with Crippen LogP contribution >= 0.6 is 23.2 Å². The second-order valence-corrected chi connectivity index (χ2v) is 4.24. The third-order valence-corrected chi connectivity index (χ3v) is 2.39. The molecule has 1 aromatic heterocycles. The molecule has 0 saturated carbocycles. The molecular weight excluding hydrogens is 299 g/mol. The van der Waals surface area contributed by atoms with Crippen LogP contribution in [0.1, 0.15) is 16.8 Å². The van der Waals surface area contributed by atoms with Crippen LogP contribution in [0.25, 0.3) is 0 Å². The van der Waals surface area contributed by atoms with Gasteiger partial charge in [-0.05, 0) is 12.1 Å². The molecule has 0 bridgehead atoms. The van der Waals surface area contributed by atoms with Gasteiger partial charge in [0.15, 0.2) is 0 Å². The zero-order chi connectivity index (χ0) is 14.6. The fourth-order valence-electron chi connectivity index (χ4n) is 1.21. The van der Waals surface area contributed by atoms with Crippen LogP contribution in [-0.4, -0.2) is 39.1 Å². The molecule has 19 heavy (non-hydrogen) atoms. The van der Waals surface area contributed by atoms with Crippen molar-refractivity contribution in [1.82, 2.24) is 10.3 Å². The number of hydrogen-bond donors (Lipinski definition) is 3. The number of amides is 1. The summed E-state index contributed by atoms with van der Waals surface area (Å²) in [7, 11) is 0. The Morgan fingerprint density at radius 2 is 1.74 bits per heavy atom. The number of nitrogens with zero attached hydrogens (tertiary/aromatic N) is 1. The Morgan fingerprint density at radius 1 is 1.21 bits per heavy atom. The van der Waals surface area contributed by atoms with Gasteiger partial charge in [0.2, 0.25) is 0 Å². The smallest absolute Gasteiger partial charge is 0.326 e. The van der Waals surface area contributed by atoms with Crippen LogP contribution in [0.4, 0.5) is 0 Å². The van der Waals surface area contributed by atoms with Gasteiger partial charge >= 0.3 is 11.9 Å². The average molecular weight is 307 g/mol. The molecule has 1 rings (SSSR count). The number of carboxylic acids is 2. The Bertz CT molecular complexity index is 514. The number of aromatic nitrogens is 1. The number of aliphatic carboxylic acids is 2. The highest BCUT2D eigenvalue weighted by Gasteiger charge is 2.23. The Hall–Kier alpha value is -1.86. The lowest BCUT2D eigenvalue weighted by atomic mass is 10.2. The Kier molecular flexibility index (Phi) is 5.08. The third-order valence-electron chi connectivity index (χ3n) is 2.01. The van der Waals surface area contributed by atoms with Gasteiger partial charge in [0.05, 0.1) is 6.42 Å². The number of rotatable bonds is 5. The highest BCUT2D eigenvalue weighted by atomic mass is 35.5. The second kappa shape index (κ2) is 6.35. The first-order valence-corrected chi connectivity index (χ1v) is 5.63. The van der Waals surface area contributed by atoms with Crippen LogP contribution in [0.5, 0.6) is 0 Å². The standard InChI is InChI=1S/C10H8Cl2N2O5/c11-6-1-4(2-7(12)14-6)9(17)13-5(10(18)19)3-8(15)16/h1-2,5H,3H2,(H,13,17)(H,15,16)(H,18,19)/t5-/m1/s1. The molecule has 0 spiro atoms. The van der Waals surface area contributed by atoms with E-state index in [1.165, 1.54) is 12.1 Å². The van der Waals surface area contributed by atoms with Crippen molar-refractivity contribution < 1.29 is 24.6 Å². The molecule has 1 amide bonds. The number of carboxylic acid groups (broad SMARTS) is 2. The first-order valence-electron chi connectivity index (χ1n) is 4.88. The zero-order valence-electron chi connectivity index (χ0n) is 9.26. The number of hydrogen-bond acceptors (Lipinski definition) is 4. The van der Waals surface area contributed by atoms with Crippen molar-refractivity contribution in [2.24, 2.45) is 0 Å². The van der Waals surface area contributed by atoms with Gasteiger partial charge in [-0.25, -0.2) is 9.78 Å². The molecule has 0 aliphatic heterocycles. The van der Waals surface area contributed by atoms with E-state index in [1.54, 1.807) is 0 Å². The number of nitrogens with one attached hydrogen (secondary N) is 1. The summed E-state index contributed by atoms with van der Waals surface area (Å²) in [6, 6.07) is 0.820. The van der Waals surface area contributed by atoms with Crippen LogP contribution in [0.3, 0.4) is 0 Å². The number of pyridine rings is 1. The first-order chi connectivity index (χ1) is 8.79. The topological polar surface area (TPSA) is 117 Å². The molecule has 3 N–H and O–H groups in total. The van der Waals surface area contributed by atoms with Gasteiger partial charge < -0.3 is 15.5 Å². The van der Waals surface area contributed by atoms with Crippen LogP contribution in [0.2, 0.25) is 10.3 Å². The minimum atomic E-state index is -1.55. The number of carbonyl (C=O) groups is 3. The molecule has 9 heteroatoms. The maximum atomic E-state index is 11.7. The summed E-state index contributed by atoms with van der Waals surface area (Å²) in [6.45, 7) is 0. The van der Waals surface area contributed by atoms with Crippen LogP contribution in [0.15, 0.2) is 12.1 Å². The zero-order valence-corrected chi connectivity index (χ0v) is 10.8. The fraction of sp³-hybridized carbons (Fsp3) is 0.200. The van der Waals surface area contributed by atoms with Gasteiger partial charge in [-0.2, -0.15) is 0 Å². The van der Waals surface area contributed by atoms with Crippen LogP contribution in [0, 0.1) is 0 Å². The first kappa shape index (κ1) is 15.2. The van der Waals surface area contributed by atoms with Crippen LogP contribution < -0.4 is 5.32 Å². The summed E-state index contributed by atoms with van der Waals surface area (Å²) in [5, 5.41) is 19.3. The van der Waals surface area contributed by atoms with Gasteiger partial charge in [-0.15, -0.1) is 0 Å². The molecule has 1 aromatic rings. The molecule has 1 atom stereocenters. The molecule has 102 valence electrons. The van der Waals surface area contributed by atoms with E-state index in [4.69, 9.17) is 33.4 Å². The summed E-state index contributed by atoms with van der Waals surface area (Å²) in [5.41, 5.74) is -0.0124. The average Bonchev–Trinajstić information content (AvgIpc) is 2.25. The van der Waals surface area contributed by atoms with Gasteiger partial charge in [0.1, 0.15) is 16.3 Å². The van der Waals surface area contributed by atoms with E-state index in [2.05, 4.69) is 10.3 Å². The predicted molar refractivity (Wildman–Crippen MR) is 65.4 cm³/mol. The molecule has 7 nitrogen and oxygen atoms in total. The second-order valence-electron chi connectivity index (χ2n) is 3.46. The summed E-state index contributed by atoms with van der Waals surface area (Å²) in [5.74, 6) is -3.61. The van der Waals surface area contributed by atoms with Crippen molar-refractivity contribution in [1.29, 1.82) is 0 Å². The quantitative estimate of drug-likeness (QED) is 0.700. The summed E-state index contributed by atoms with van der Waals surface area (Å²) in [6.07, 6.45) is -0.742. The maximum Gasteiger partial charge on any atom is 0.326 e. The van der Waals surface area contributed by atoms with Gasteiger partial charge in [-0.3, -0.25) is 9.59 Å². The minimum absolute atomic E-state index is 0.0124. The molecular formula is C10H8Cl2N2O5. The fourth-order valence-corrected chi connectivity index (χ4v) is 1.67. The van der Waals surface area contributed by atoms with E-state index in [9.17, 15) is 14.4 Å². The molecule has 0 unspecified atom stereocenters. The van der Waals surface area contributed by atoms with E-state index >= 15 is 0 Å². The lowest BCUT2D eigenvalue weighted by Crippen LogP contribution is -2.42. The summed E-state index contributed by atoms with van der Waals surface area (Å²) in [4.78, 5) is 36.6. The third kappa shape index (κ3) is 4.72. The molecule has 0 saturated heterocycles.